The van der Waals surface area contributed by atoms with Crippen LogP contribution in [0.2, 0.25) is 0 Å². The molecule has 0 aliphatic heterocycles. The predicted octanol–water partition coefficient (Wildman–Crippen LogP) is 4.91. The molecule has 0 bridgehead atoms. The standard InChI is InChI=1S/2C9H13N.C3H8/c2*1-10(2)8-9-6-4-3-5-7-9;1-3-2/h2*3-7H,8H2,1-2H3;3H2,1-2H3. The van der Waals surface area contributed by atoms with E-state index in [4.69, 9.17) is 0 Å². The number of hydrogen-bond donors (Lipinski definition) is 0. The van der Waals surface area contributed by atoms with Gasteiger partial charge in [-0.25, -0.2) is 0 Å². The first-order valence-electron chi connectivity index (χ1n) is 8.36. The molecule has 0 spiro atoms. The molecule has 0 amide bonds. The molecule has 0 unspecified atom stereocenters. The lowest BCUT2D eigenvalue weighted by molar-refractivity contribution is 0.402. The lowest BCUT2D eigenvalue weighted by atomic mass is 10.2. The maximum Gasteiger partial charge on any atom is 0.0227 e. The summed E-state index contributed by atoms with van der Waals surface area (Å²) >= 11 is 0. The van der Waals surface area contributed by atoms with Gasteiger partial charge in [-0.3, -0.25) is 0 Å². The van der Waals surface area contributed by atoms with E-state index in [2.05, 4.69) is 100 Å². The lowest BCUT2D eigenvalue weighted by Crippen LogP contribution is -2.10. The monoisotopic (exact) mass is 314 g/mol. The van der Waals surface area contributed by atoms with E-state index in [0.717, 1.165) is 13.1 Å². The zero-order valence-electron chi connectivity index (χ0n) is 15.8. The van der Waals surface area contributed by atoms with Crippen molar-refractivity contribution in [2.45, 2.75) is 33.4 Å². The summed E-state index contributed by atoms with van der Waals surface area (Å²) in [5.74, 6) is 0. The minimum Gasteiger partial charge on any atom is -0.305 e. The predicted molar refractivity (Wildman–Crippen MR) is 104 cm³/mol. The summed E-state index contributed by atoms with van der Waals surface area (Å²) in [6.45, 7) is 6.31. The molecule has 0 radical (unpaired) electrons. The molecule has 0 saturated carbocycles. The quantitative estimate of drug-likeness (QED) is 0.791. The summed E-state index contributed by atoms with van der Waals surface area (Å²) in [6.07, 6.45) is 1.25. The summed E-state index contributed by atoms with van der Waals surface area (Å²) in [5, 5.41) is 0. The molecule has 0 fully saturated rings. The largest absolute Gasteiger partial charge is 0.305 e. The molecule has 0 aliphatic carbocycles. The average molecular weight is 315 g/mol. The van der Waals surface area contributed by atoms with Crippen molar-refractivity contribution in [2.24, 2.45) is 0 Å². The van der Waals surface area contributed by atoms with E-state index in [1.807, 2.05) is 12.1 Å². The third-order valence-electron chi connectivity index (χ3n) is 2.68. The highest BCUT2D eigenvalue weighted by Crippen LogP contribution is 2.00. The van der Waals surface area contributed by atoms with Crippen LogP contribution in [0.4, 0.5) is 0 Å². The van der Waals surface area contributed by atoms with Crippen LogP contribution in [-0.4, -0.2) is 38.0 Å². The molecule has 2 nitrogen and oxygen atoms in total. The fourth-order valence-electron chi connectivity index (χ4n) is 1.90. The van der Waals surface area contributed by atoms with Crippen molar-refractivity contribution in [1.29, 1.82) is 0 Å². The number of nitrogens with zero attached hydrogens (tertiary/aromatic N) is 2. The van der Waals surface area contributed by atoms with E-state index in [1.54, 1.807) is 0 Å². The van der Waals surface area contributed by atoms with Crippen molar-refractivity contribution >= 4 is 0 Å². The third-order valence-corrected chi connectivity index (χ3v) is 2.68. The molecule has 0 aromatic heterocycles. The molecule has 23 heavy (non-hydrogen) atoms. The lowest BCUT2D eigenvalue weighted by Gasteiger charge is -2.08. The fraction of sp³-hybridized carbons (Fsp3) is 0.429. The van der Waals surface area contributed by atoms with Crippen LogP contribution >= 0.6 is 0 Å². The topological polar surface area (TPSA) is 6.48 Å². The van der Waals surface area contributed by atoms with E-state index < -0.39 is 0 Å². The van der Waals surface area contributed by atoms with Gasteiger partial charge in [0.05, 0.1) is 0 Å². The van der Waals surface area contributed by atoms with Gasteiger partial charge in [0.15, 0.2) is 0 Å². The van der Waals surface area contributed by atoms with Crippen LogP contribution in [0.25, 0.3) is 0 Å². The number of rotatable bonds is 4. The van der Waals surface area contributed by atoms with Crippen molar-refractivity contribution in [3.8, 4) is 0 Å². The molecule has 2 aromatic rings. The van der Waals surface area contributed by atoms with Gasteiger partial charge in [-0.15, -0.1) is 0 Å². The Morgan fingerprint density at radius 1 is 0.565 bits per heavy atom. The zero-order valence-corrected chi connectivity index (χ0v) is 15.8. The first-order valence-corrected chi connectivity index (χ1v) is 8.36. The SMILES string of the molecule is CCC.CN(C)Cc1ccccc1.CN(C)Cc1ccccc1. The van der Waals surface area contributed by atoms with Crippen molar-refractivity contribution in [2.75, 3.05) is 28.2 Å². The Labute approximate surface area is 143 Å². The molecular formula is C21H34N2. The van der Waals surface area contributed by atoms with Gasteiger partial charge in [0.1, 0.15) is 0 Å². The van der Waals surface area contributed by atoms with Crippen LogP contribution in [0, 0.1) is 0 Å². The molecule has 2 heteroatoms. The summed E-state index contributed by atoms with van der Waals surface area (Å²) in [6, 6.07) is 20.9. The smallest absolute Gasteiger partial charge is 0.0227 e. The normalized spacial score (nSPS) is 9.74. The van der Waals surface area contributed by atoms with Crippen molar-refractivity contribution in [3.63, 3.8) is 0 Å². The molecule has 0 saturated heterocycles. The fourth-order valence-corrected chi connectivity index (χ4v) is 1.90. The second-order valence-electron chi connectivity index (χ2n) is 6.15. The Morgan fingerprint density at radius 2 is 0.826 bits per heavy atom. The Bertz CT molecular complexity index is 418. The molecule has 0 aliphatic rings. The third kappa shape index (κ3) is 13.7. The second-order valence-corrected chi connectivity index (χ2v) is 6.15. The summed E-state index contributed by atoms with van der Waals surface area (Å²) < 4.78 is 0. The summed E-state index contributed by atoms with van der Waals surface area (Å²) in [5.41, 5.74) is 2.74. The van der Waals surface area contributed by atoms with E-state index in [0.29, 0.717) is 0 Å². The maximum atomic E-state index is 2.16. The summed E-state index contributed by atoms with van der Waals surface area (Å²) in [4.78, 5) is 4.32. The van der Waals surface area contributed by atoms with Gasteiger partial charge in [-0.05, 0) is 39.3 Å². The van der Waals surface area contributed by atoms with E-state index in [9.17, 15) is 0 Å². The minimum absolute atomic E-state index is 1.03. The zero-order chi connectivity index (χ0) is 17.5. The van der Waals surface area contributed by atoms with Crippen LogP contribution in [0.15, 0.2) is 60.7 Å². The van der Waals surface area contributed by atoms with Crippen molar-refractivity contribution in [1.82, 2.24) is 9.80 Å². The molecule has 0 N–H and O–H groups in total. The molecule has 128 valence electrons. The molecule has 2 rings (SSSR count). The van der Waals surface area contributed by atoms with E-state index >= 15 is 0 Å². The van der Waals surface area contributed by atoms with Crippen LogP contribution in [0.5, 0.6) is 0 Å². The first-order chi connectivity index (χ1) is 11.0. The van der Waals surface area contributed by atoms with Gasteiger partial charge in [0, 0.05) is 13.1 Å². The highest BCUT2D eigenvalue weighted by atomic mass is 15.0. The van der Waals surface area contributed by atoms with Crippen molar-refractivity contribution in [3.05, 3.63) is 71.8 Å². The van der Waals surface area contributed by atoms with Crippen molar-refractivity contribution < 1.29 is 0 Å². The average Bonchev–Trinajstić information content (AvgIpc) is 2.49. The molecule has 0 atom stereocenters. The minimum atomic E-state index is 1.03. The van der Waals surface area contributed by atoms with Gasteiger partial charge in [-0.2, -0.15) is 0 Å². The van der Waals surface area contributed by atoms with Crippen LogP contribution in [0.3, 0.4) is 0 Å². The first kappa shape index (κ1) is 21.4. The highest BCUT2D eigenvalue weighted by Gasteiger charge is 1.91. The number of benzene rings is 2. The Kier molecular flexibility index (Phi) is 13.0. The van der Waals surface area contributed by atoms with E-state index in [1.165, 1.54) is 17.5 Å². The van der Waals surface area contributed by atoms with Crippen LogP contribution in [0.1, 0.15) is 31.4 Å². The van der Waals surface area contributed by atoms with Crippen LogP contribution in [-0.2, 0) is 13.1 Å². The van der Waals surface area contributed by atoms with Gasteiger partial charge < -0.3 is 9.80 Å². The second kappa shape index (κ2) is 14.0. The highest BCUT2D eigenvalue weighted by molar-refractivity contribution is 5.14. The molecule has 0 heterocycles. The van der Waals surface area contributed by atoms with Crippen LogP contribution < -0.4 is 0 Å². The maximum absolute atomic E-state index is 2.16. The van der Waals surface area contributed by atoms with E-state index in [-0.39, 0.29) is 0 Å². The van der Waals surface area contributed by atoms with Gasteiger partial charge in [0.25, 0.3) is 0 Å². The van der Waals surface area contributed by atoms with Gasteiger partial charge in [0.2, 0.25) is 0 Å². The number of hydrogen-bond acceptors (Lipinski definition) is 2. The van der Waals surface area contributed by atoms with Gasteiger partial charge in [-0.1, -0.05) is 80.9 Å². The Morgan fingerprint density at radius 3 is 1.04 bits per heavy atom. The molecular weight excluding hydrogens is 280 g/mol. The Hall–Kier alpha value is -1.64. The summed E-state index contributed by atoms with van der Waals surface area (Å²) in [7, 11) is 8.31. The molecule has 2 aromatic carbocycles. The van der Waals surface area contributed by atoms with Gasteiger partial charge >= 0.3 is 0 Å². The Balaban J connectivity index is 0.000000360.